The van der Waals surface area contributed by atoms with E-state index in [0.29, 0.717) is 18.8 Å². The lowest BCUT2D eigenvalue weighted by Crippen LogP contribution is -2.50. The first-order chi connectivity index (χ1) is 14.3. The van der Waals surface area contributed by atoms with Crippen molar-refractivity contribution in [2.75, 3.05) is 36.4 Å². The Labute approximate surface area is 174 Å². The molecule has 0 radical (unpaired) electrons. The first kappa shape index (κ1) is 20.7. The van der Waals surface area contributed by atoms with Crippen molar-refractivity contribution in [2.45, 2.75) is 39.0 Å². The van der Waals surface area contributed by atoms with Crippen molar-refractivity contribution < 1.29 is 4.79 Å². The molecule has 1 fully saturated rings. The van der Waals surface area contributed by atoms with Gasteiger partial charge in [0.1, 0.15) is 0 Å². The van der Waals surface area contributed by atoms with Gasteiger partial charge in [-0.05, 0) is 24.6 Å². The predicted octanol–water partition coefficient (Wildman–Crippen LogP) is 4.76. The fourth-order valence-electron chi connectivity index (χ4n) is 3.39. The molecule has 2 amide bonds. The molecule has 1 aliphatic rings. The van der Waals surface area contributed by atoms with Gasteiger partial charge in [0.2, 0.25) is 0 Å². The van der Waals surface area contributed by atoms with Crippen LogP contribution in [0, 0.1) is 11.8 Å². The second-order valence-electron chi connectivity index (χ2n) is 7.31. The second kappa shape index (κ2) is 11.1. The third kappa shape index (κ3) is 6.53. The van der Waals surface area contributed by atoms with Gasteiger partial charge in [0.05, 0.1) is 11.9 Å². The van der Waals surface area contributed by atoms with Crippen molar-refractivity contribution in [3.05, 3.63) is 54.4 Å². The van der Waals surface area contributed by atoms with Gasteiger partial charge < -0.3 is 15.1 Å². The highest BCUT2D eigenvalue weighted by molar-refractivity contribution is 5.89. The van der Waals surface area contributed by atoms with Crippen LogP contribution in [0.2, 0.25) is 0 Å². The number of rotatable bonds is 6. The number of pyridine rings is 1. The van der Waals surface area contributed by atoms with E-state index in [4.69, 9.17) is 0 Å². The number of benzene rings is 1. The number of carbonyl (C=O) groups excluding carboxylic acids is 1. The first-order valence-corrected chi connectivity index (χ1v) is 10.6. The van der Waals surface area contributed by atoms with Gasteiger partial charge in [0, 0.05) is 50.0 Å². The highest BCUT2D eigenvalue weighted by Gasteiger charge is 2.21. The minimum atomic E-state index is -0.0795. The summed E-state index contributed by atoms with van der Waals surface area (Å²) >= 11 is 0. The Morgan fingerprint density at radius 3 is 2.62 bits per heavy atom. The number of aromatic nitrogens is 1. The summed E-state index contributed by atoms with van der Waals surface area (Å²) in [5.41, 5.74) is 2.74. The Hall–Kier alpha value is -3.00. The number of anilines is 2. The van der Waals surface area contributed by atoms with Crippen LogP contribution in [0.5, 0.6) is 0 Å². The van der Waals surface area contributed by atoms with E-state index < -0.39 is 0 Å². The van der Waals surface area contributed by atoms with E-state index in [9.17, 15) is 4.79 Å². The normalized spacial score (nSPS) is 13.6. The number of urea groups is 1. The summed E-state index contributed by atoms with van der Waals surface area (Å²) in [5, 5.41) is 2.96. The molecule has 1 saturated heterocycles. The standard InChI is InChI=1S/C24H30N4O/c1-2-3-4-5-6-8-11-21-18-22(20-25-19-21)26-24(29)28-16-14-27(15-17-28)23-12-9-7-10-13-23/h7,9-10,12-13,18-20H,2-6,14-17H2,1H3,(H,26,29). The van der Waals surface area contributed by atoms with Crippen LogP contribution in [0.3, 0.4) is 0 Å². The SMILES string of the molecule is CCCCCCC#Cc1cncc(NC(=O)N2CCN(c3ccccc3)CC2)c1. The van der Waals surface area contributed by atoms with Crippen LogP contribution < -0.4 is 10.2 Å². The molecule has 0 bridgehead atoms. The van der Waals surface area contributed by atoms with E-state index in [-0.39, 0.29) is 6.03 Å². The van der Waals surface area contributed by atoms with Gasteiger partial charge >= 0.3 is 6.03 Å². The van der Waals surface area contributed by atoms with Gasteiger partial charge in [-0.1, -0.05) is 56.2 Å². The van der Waals surface area contributed by atoms with Gasteiger partial charge in [-0.15, -0.1) is 0 Å². The third-order valence-corrected chi connectivity index (χ3v) is 5.07. The van der Waals surface area contributed by atoms with E-state index in [0.717, 1.165) is 31.5 Å². The fraction of sp³-hybridized carbons (Fsp3) is 0.417. The number of nitrogens with zero attached hydrogens (tertiary/aromatic N) is 3. The summed E-state index contributed by atoms with van der Waals surface area (Å²) < 4.78 is 0. The molecule has 2 aromatic rings. The molecular weight excluding hydrogens is 360 g/mol. The molecule has 0 atom stereocenters. The zero-order chi connectivity index (χ0) is 20.3. The number of para-hydroxylation sites is 1. The molecule has 0 spiro atoms. The average molecular weight is 391 g/mol. The Balaban J connectivity index is 1.48. The van der Waals surface area contributed by atoms with Gasteiger partial charge in [-0.3, -0.25) is 4.98 Å². The van der Waals surface area contributed by atoms with Crippen molar-refractivity contribution >= 4 is 17.4 Å². The minimum absolute atomic E-state index is 0.0795. The maximum atomic E-state index is 12.6. The Bertz CT molecular complexity index is 833. The Kier molecular flexibility index (Phi) is 7.94. The third-order valence-electron chi connectivity index (χ3n) is 5.07. The predicted molar refractivity (Wildman–Crippen MR) is 119 cm³/mol. The largest absolute Gasteiger partial charge is 0.368 e. The van der Waals surface area contributed by atoms with Crippen LogP contribution in [0.15, 0.2) is 48.8 Å². The maximum absolute atomic E-state index is 12.6. The zero-order valence-electron chi connectivity index (χ0n) is 17.2. The summed E-state index contributed by atoms with van der Waals surface area (Å²) in [5.74, 6) is 6.36. The van der Waals surface area contributed by atoms with Crippen molar-refractivity contribution in [3.8, 4) is 11.8 Å². The average Bonchev–Trinajstić information content (AvgIpc) is 2.77. The number of nitrogens with one attached hydrogen (secondary N) is 1. The van der Waals surface area contributed by atoms with Crippen LogP contribution in [0.4, 0.5) is 16.2 Å². The van der Waals surface area contributed by atoms with Crippen LogP contribution in [-0.2, 0) is 0 Å². The molecule has 29 heavy (non-hydrogen) atoms. The van der Waals surface area contributed by atoms with E-state index in [1.54, 1.807) is 12.4 Å². The number of unbranched alkanes of at least 4 members (excludes halogenated alkanes) is 4. The molecule has 152 valence electrons. The summed E-state index contributed by atoms with van der Waals surface area (Å²) in [6.45, 7) is 5.27. The van der Waals surface area contributed by atoms with Crippen LogP contribution in [-0.4, -0.2) is 42.1 Å². The summed E-state index contributed by atoms with van der Waals surface area (Å²) in [4.78, 5) is 21.0. The van der Waals surface area contributed by atoms with E-state index in [1.165, 1.54) is 24.9 Å². The van der Waals surface area contributed by atoms with E-state index in [1.807, 2.05) is 29.2 Å². The lowest BCUT2D eigenvalue weighted by atomic mass is 10.1. The molecule has 1 aliphatic heterocycles. The molecule has 0 unspecified atom stereocenters. The van der Waals surface area contributed by atoms with Crippen molar-refractivity contribution in [1.29, 1.82) is 0 Å². The summed E-state index contributed by atoms with van der Waals surface area (Å²) in [6.07, 6.45) is 9.20. The van der Waals surface area contributed by atoms with E-state index >= 15 is 0 Å². The van der Waals surface area contributed by atoms with Crippen LogP contribution in [0.25, 0.3) is 0 Å². The van der Waals surface area contributed by atoms with Gasteiger partial charge in [-0.25, -0.2) is 4.79 Å². The molecule has 5 heteroatoms. The van der Waals surface area contributed by atoms with Crippen molar-refractivity contribution in [2.24, 2.45) is 0 Å². The minimum Gasteiger partial charge on any atom is -0.368 e. The highest BCUT2D eigenvalue weighted by Crippen LogP contribution is 2.16. The number of hydrogen-bond donors (Lipinski definition) is 1. The Morgan fingerprint density at radius 2 is 1.86 bits per heavy atom. The lowest BCUT2D eigenvalue weighted by molar-refractivity contribution is 0.208. The highest BCUT2D eigenvalue weighted by atomic mass is 16.2. The fourth-order valence-corrected chi connectivity index (χ4v) is 3.39. The maximum Gasteiger partial charge on any atom is 0.322 e. The van der Waals surface area contributed by atoms with E-state index in [2.05, 4.69) is 46.1 Å². The Morgan fingerprint density at radius 1 is 1.07 bits per heavy atom. The molecule has 1 N–H and O–H groups in total. The van der Waals surface area contributed by atoms with Crippen molar-refractivity contribution in [3.63, 3.8) is 0 Å². The van der Waals surface area contributed by atoms with Gasteiger partial charge in [0.25, 0.3) is 0 Å². The number of hydrogen-bond acceptors (Lipinski definition) is 3. The van der Waals surface area contributed by atoms with Crippen LogP contribution >= 0.6 is 0 Å². The topological polar surface area (TPSA) is 48.5 Å². The molecular formula is C24H30N4O. The summed E-state index contributed by atoms with van der Waals surface area (Å²) in [6, 6.07) is 12.1. The smallest absolute Gasteiger partial charge is 0.322 e. The lowest BCUT2D eigenvalue weighted by Gasteiger charge is -2.36. The van der Waals surface area contributed by atoms with Crippen molar-refractivity contribution in [1.82, 2.24) is 9.88 Å². The zero-order valence-corrected chi connectivity index (χ0v) is 17.2. The molecule has 5 nitrogen and oxygen atoms in total. The molecule has 1 aromatic carbocycles. The number of carbonyl (C=O) groups is 1. The quantitative estimate of drug-likeness (QED) is 0.572. The molecule has 0 aliphatic carbocycles. The summed E-state index contributed by atoms with van der Waals surface area (Å²) in [7, 11) is 0. The van der Waals surface area contributed by atoms with Crippen LogP contribution in [0.1, 0.15) is 44.6 Å². The number of amides is 2. The molecule has 0 saturated carbocycles. The van der Waals surface area contributed by atoms with Gasteiger partial charge in [0.15, 0.2) is 0 Å². The first-order valence-electron chi connectivity index (χ1n) is 10.6. The number of piperazine rings is 1. The second-order valence-corrected chi connectivity index (χ2v) is 7.31. The molecule has 2 heterocycles. The molecule has 1 aromatic heterocycles. The molecule has 3 rings (SSSR count). The monoisotopic (exact) mass is 390 g/mol. The van der Waals surface area contributed by atoms with Gasteiger partial charge in [-0.2, -0.15) is 0 Å².